The van der Waals surface area contributed by atoms with E-state index in [-0.39, 0.29) is 23.9 Å². The van der Waals surface area contributed by atoms with Gasteiger partial charge in [-0.05, 0) is 51.5 Å². The molecule has 6 aliphatic rings. The van der Waals surface area contributed by atoms with Crippen molar-refractivity contribution in [2.45, 2.75) is 119 Å². The van der Waals surface area contributed by atoms with Crippen LogP contribution in [0.5, 0.6) is 0 Å². The fraction of sp³-hybridized carbons (Fsp3) is 0.588. The van der Waals surface area contributed by atoms with Crippen LogP contribution in [0.3, 0.4) is 0 Å². The average Bonchev–Trinajstić information content (AvgIpc) is 3.96. The minimum absolute atomic E-state index is 0.274. The Kier molecular flexibility index (Phi) is 7.40. The molecule has 6 heterocycles. The van der Waals surface area contributed by atoms with Crippen LogP contribution in [0.1, 0.15) is 68.2 Å². The molecule has 4 saturated heterocycles. The van der Waals surface area contributed by atoms with Gasteiger partial charge in [0.1, 0.15) is 41.2 Å². The number of rotatable bonds is 7. The predicted molar refractivity (Wildman–Crippen MR) is 170 cm³/mol. The lowest BCUT2D eigenvalue weighted by molar-refractivity contribution is -0.235. The number of aromatic amines is 2. The molecule has 4 N–H and O–H groups in total. The molecule has 3 aromatic rings. The van der Waals surface area contributed by atoms with E-state index < -0.39 is 64.5 Å². The number of hydrogen-bond acceptors (Lipinski definition) is 11. The SMILES string of the molecule is CC[C@]12O[C@@H](n3cc(C)c(=O)[nH]c3=O)[C@@H](OC13CC3)C2OCc1ccccc1.Cc1cn([C@@H]2O[C@]3(CO)C(O)[C@@H]2OC32CC2)c(=O)[nH]c1=O. The monoisotopic (exact) mass is 680 g/mol. The molecular weight excluding hydrogens is 640 g/mol. The number of aryl methyl sites for hydroxylation is 2. The molecule has 262 valence electrons. The fourth-order valence-electron chi connectivity index (χ4n) is 8.41. The highest BCUT2D eigenvalue weighted by Gasteiger charge is 2.79. The van der Waals surface area contributed by atoms with Crippen LogP contribution in [-0.2, 0) is 30.3 Å². The molecule has 0 amide bonds. The zero-order chi connectivity index (χ0) is 34.5. The van der Waals surface area contributed by atoms with Crippen LogP contribution in [0, 0.1) is 13.8 Å². The Morgan fingerprint density at radius 2 is 1.31 bits per heavy atom. The smallest absolute Gasteiger partial charge is 0.330 e. The summed E-state index contributed by atoms with van der Waals surface area (Å²) in [6.45, 7) is 5.40. The highest BCUT2D eigenvalue weighted by Crippen LogP contribution is 2.66. The van der Waals surface area contributed by atoms with Gasteiger partial charge in [0, 0.05) is 23.5 Å². The normalized spacial score (nSPS) is 35.1. The van der Waals surface area contributed by atoms with E-state index in [0.29, 0.717) is 30.6 Å². The lowest BCUT2D eigenvalue weighted by Gasteiger charge is -2.38. The minimum Gasteiger partial charge on any atom is -0.393 e. The predicted octanol–water partition coefficient (Wildman–Crippen LogP) is 0.437. The van der Waals surface area contributed by atoms with E-state index in [1.165, 1.54) is 15.3 Å². The van der Waals surface area contributed by atoms with Crippen molar-refractivity contribution < 1.29 is 33.9 Å². The summed E-state index contributed by atoms with van der Waals surface area (Å²) in [5, 5.41) is 20.1. The first-order chi connectivity index (χ1) is 23.4. The Labute approximate surface area is 279 Å². The van der Waals surface area contributed by atoms with Crippen molar-refractivity contribution in [2.24, 2.45) is 0 Å². The van der Waals surface area contributed by atoms with Gasteiger partial charge in [0.15, 0.2) is 18.1 Å². The highest BCUT2D eigenvalue weighted by molar-refractivity contribution is 5.27. The van der Waals surface area contributed by atoms with Gasteiger partial charge in [-0.15, -0.1) is 0 Å². The van der Waals surface area contributed by atoms with Crippen molar-refractivity contribution >= 4 is 0 Å². The van der Waals surface area contributed by atoms with Gasteiger partial charge in [0.2, 0.25) is 0 Å². The van der Waals surface area contributed by atoms with Crippen molar-refractivity contribution in [1.82, 2.24) is 19.1 Å². The van der Waals surface area contributed by atoms with Crippen LogP contribution in [0.2, 0.25) is 0 Å². The summed E-state index contributed by atoms with van der Waals surface area (Å²) in [5.74, 6) is 0. The van der Waals surface area contributed by atoms with Gasteiger partial charge in [-0.3, -0.25) is 28.7 Å². The van der Waals surface area contributed by atoms with Crippen LogP contribution in [-0.4, -0.2) is 82.7 Å². The Hall–Kier alpha value is -3.70. The molecule has 2 aromatic heterocycles. The highest BCUT2D eigenvalue weighted by atomic mass is 16.7. The Bertz CT molecular complexity index is 2010. The second kappa shape index (κ2) is 11.2. The van der Waals surface area contributed by atoms with E-state index in [9.17, 15) is 29.4 Å². The second-order valence-electron chi connectivity index (χ2n) is 14.1. The maximum atomic E-state index is 12.4. The number of aliphatic hydroxyl groups is 2. The lowest BCUT2D eigenvalue weighted by Crippen LogP contribution is -2.53. The molecule has 9 rings (SSSR count). The number of aliphatic hydroxyl groups excluding tert-OH is 2. The van der Waals surface area contributed by atoms with Crippen molar-refractivity contribution in [1.29, 1.82) is 0 Å². The molecule has 4 bridgehead atoms. The first kappa shape index (κ1) is 32.5. The van der Waals surface area contributed by atoms with Crippen molar-refractivity contribution in [3.05, 3.63) is 101 Å². The van der Waals surface area contributed by atoms with Crippen LogP contribution >= 0.6 is 0 Å². The number of nitrogens with one attached hydrogen (secondary N) is 2. The van der Waals surface area contributed by atoms with E-state index >= 15 is 0 Å². The number of ether oxygens (including phenoxy) is 5. The van der Waals surface area contributed by atoms with Gasteiger partial charge in [-0.25, -0.2) is 9.59 Å². The number of nitrogens with zero attached hydrogens (tertiary/aromatic N) is 2. The van der Waals surface area contributed by atoms with Gasteiger partial charge in [-0.2, -0.15) is 0 Å². The topological polar surface area (TPSA) is 196 Å². The standard InChI is InChI=1S/C21H24N2O5.C13H16N2O6/c1-3-21-16(26-12-14-7-5-4-6-8-14)15(27-20(21)9-10-20)18(28-21)23-11-13(2)17(24)22-19(23)25;1-6-4-15(11(19)14-9(6)18)10-7-8(17)13(5-16,21-10)12(20-7)2-3-12/h4-8,11,15-16,18H,3,9-10,12H2,1-2H3,(H,22,24,25);4,7-8,10,16-17H,2-3,5H2,1H3,(H,14,18,19)/t15-,16?,18+,21+;7-,8?,10+,13+/m00/s1. The molecule has 0 radical (unpaired) electrons. The maximum Gasteiger partial charge on any atom is 0.330 e. The fourth-order valence-corrected chi connectivity index (χ4v) is 8.41. The maximum absolute atomic E-state index is 12.4. The molecule has 2 aliphatic carbocycles. The summed E-state index contributed by atoms with van der Waals surface area (Å²) in [4.78, 5) is 52.1. The quantitative estimate of drug-likeness (QED) is 0.270. The summed E-state index contributed by atoms with van der Waals surface area (Å²) in [6, 6.07) is 9.99. The zero-order valence-electron chi connectivity index (χ0n) is 27.4. The van der Waals surface area contributed by atoms with Gasteiger partial charge in [0.25, 0.3) is 11.1 Å². The van der Waals surface area contributed by atoms with Crippen LogP contribution in [0.4, 0.5) is 0 Å². The van der Waals surface area contributed by atoms with Gasteiger partial charge in [-0.1, -0.05) is 37.3 Å². The summed E-state index contributed by atoms with van der Waals surface area (Å²) in [7, 11) is 0. The molecule has 15 heteroatoms. The minimum atomic E-state index is -1.19. The number of fused-ring (bicyclic) bond motifs is 6. The van der Waals surface area contributed by atoms with Crippen molar-refractivity contribution in [3.8, 4) is 0 Å². The van der Waals surface area contributed by atoms with E-state index in [1.807, 2.05) is 30.3 Å². The summed E-state index contributed by atoms with van der Waals surface area (Å²) >= 11 is 0. The number of aromatic nitrogens is 4. The summed E-state index contributed by atoms with van der Waals surface area (Å²) in [5.41, 5.74) is -2.79. The van der Waals surface area contributed by atoms with Gasteiger partial charge in [0.05, 0.1) is 13.2 Å². The average molecular weight is 681 g/mol. The number of benzene rings is 1. The summed E-state index contributed by atoms with van der Waals surface area (Å²) in [6.07, 6.45) is 3.09. The van der Waals surface area contributed by atoms with E-state index in [0.717, 1.165) is 24.8 Å². The Balaban J connectivity index is 0.000000148. The molecule has 2 unspecified atom stereocenters. The molecule has 6 fully saturated rings. The van der Waals surface area contributed by atoms with E-state index in [4.69, 9.17) is 23.7 Å². The molecule has 2 saturated carbocycles. The summed E-state index contributed by atoms with van der Waals surface area (Å²) < 4.78 is 33.7. The third kappa shape index (κ3) is 4.60. The van der Waals surface area contributed by atoms with Gasteiger partial charge < -0.3 is 33.9 Å². The number of hydrogen-bond donors (Lipinski definition) is 4. The molecule has 8 atom stereocenters. The first-order valence-corrected chi connectivity index (χ1v) is 16.7. The molecular formula is C34H40N4O11. The molecule has 1 aromatic carbocycles. The molecule has 2 spiro atoms. The Morgan fingerprint density at radius 3 is 1.84 bits per heavy atom. The van der Waals surface area contributed by atoms with Crippen molar-refractivity contribution in [2.75, 3.05) is 6.61 Å². The first-order valence-electron chi connectivity index (χ1n) is 16.7. The van der Waals surface area contributed by atoms with Crippen LogP contribution in [0.25, 0.3) is 0 Å². The largest absolute Gasteiger partial charge is 0.393 e. The Morgan fingerprint density at radius 1 is 0.796 bits per heavy atom. The molecule has 15 nitrogen and oxygen atoms in total. The number of H-pyrrole nitrogens is 2. The van der Waals surface area contributed by atoms with Gasteiger partial charge >= 0.3 is 11.4 Å². The third-order valence-electron chi connectivity index (χ3n) is 11.3. The van der Waals surface area contributed by atoms with Crippen LogP contribution in [0.15, 0.2) is 61.9 Å². The van der Waals surface area contributed by atoms with Crippen LogP contribution < -0.4 is 22.5 Å². The van der Waals surface area contributed by atoms with E-state index in [1.54, 1.807) is 20.0 Å². The van der Waals surface area contributed by atoms with Crippen molar-refractivity contribution in [3.63, 3.8) is 0 Å². The third-order valence-corrected chi connectivity index (χ3v) is 11.3. The molecule has 4 aliphatic heterocycles. The zero-order valence-corrected chi connectivity index (χ0v) is 27.4. The lowest BCUT2D eigenvalue weighted by atomic mass is 9.87. The molecule has 49 heavy (non-hydrogen) atoms. The van der Waals surface area contributed by atoms with E-state index in [2.05, 4.69) is 16.9 Å². The second-order valence-corrected chi connectivity index (χ2v) is 14.1.